The highest BCUT2D eigenvalue weighted by atomic mass is 32.2. The summed E-state index contributed by atoms with van der Waals surface area (Å²) < 4.78 is 31.3. The maximum atomic E-state index is 12.0. The Morgan fingerprint density at radius 1 is 1.13 bits per heavy atom. The number of nitrogens with one attached hydrogen (secondary N) is 2. The highest BCUT2D eigenvalue weighted by Gasteiger charge is 2.16. The molecular weight excluding hydrogens is 320 g/mol. The molecule has 128 valence electrons. The number of hydrogen-bond acceptors (Lipinski definition) is 5. The van der Waals surface area contributed by atoms with Crippen LogP contribution >= 0.6 is 0 Å². The van der Waals surface area contributed by atoms with E-state index in [0.717, 1.165) is 6.42 Å². The number of carbonyl (C=O) groups is 2. The molecule has 0 radical (unpaired) electrons. The molecule has 1 aromatic rings. The van der Waals surface area contributed by atoms with E-state index in [1.807, 2.05) is 13.8 Å². The van der Waals surface area contributed by atoms with Gasteiger partial charge in [0, 0.05) is 13.1 Å². The van der Waals surface area contributed by atoms with Crippen LogP contribution in [0.3, 0.4) is 0 Å². The SMILES string of the molecule is CCCNC(=O)COC(=O)c1cccc(S(=O)(=O)NCCC)c1. The minimum Gasteiger partial charge on any atom is -0.452 e. The summed E-state index contributed by atoms with van der Waals surface area (Å²) in [7, 11) is -3.66. The summed E-state index contributed by atoms with van der Waals surface area (Å²) in [5.74, 6) is -1.14. The van der Waals surface area contributed by atoms with Crippen LogP contribution in [0, 0.1) is 0 Å². The molecule has 8 heteroatoms. The third-order valence-corrected chi connectivity index (χ3v) is 4.29. The van der Waals surface area contributed by atoms with Gasteiger partial charge in [-0.2, -0.15) is 0 Å². The summed E-state index contributed by atoms with van der Waals surface area (Å²) >= 11 is 0. The molecular formula is C15H22N2O5S. The van der Waals surface area contributed by atoms with E-state index >= 15 is 0 Å². The molecule has 0 atom stereocenters. The number of carbonyl (C=O) groups excluding carboxylic acids is 2. The molecule has 0 bridgehead atoms. The molecule has 1 amide bonds. The molecule has 0 aliphatic heterocycles. The highest BCUT2D eigenvalue weighted by Crippen LogP contribution is 2.12. The molecule has 0 unspecified atom stereocenters. The van der Waals surface area contributed by atoms with Gasteiger partial charge in [0.2, 0.25) is 10.0 Å². The van der Waals surface area contributed by atoms with Gasteiger partial charge in [-0.1, -0.05) is 19.9 Å². The monoisotopic (exact) mass is 342 g/mol. The van der Waals surface area contributed by atoms with E-state index in [2.05, 4.69) is 10.0 Å². The Morgan fingerprint density at radius 3 is 2.48 bits per heavy atom. The Kier molecular flexibility index (Phi) is 7.70. The average molecular weight is 342 g/mol. The van der Waals surface area contributed by atoms with E-state index in [1.54, 1.807) is 0 Å². The van der Waals surface area contributed by atoms with Gasteiger partial charge in [-0.3, -0.25) is 4.79 Å². The predicted octanol–water partition coefficient (Wildman–Crippen LogP) is 1.06. The molecule has 2 N–H and O–H groups in total. The molecule has 0 saturated heterocycles. The lowest BCUT2D eigenvalue weighted by Gasteiger charge is -2.08. The number of amides is 1. The smallest absolute Gasteiger partial charge is 0.338 e. The summed E-state index contributed by atoms with van der Waals surface area (Å²) in [4.78, 5) is 23.3. The summed E-state index contributed by atoms with van der Waals surface area (Å²) in [6, 6.07) is 5.51. The maximum absolute atomic E-state index is 12.0. The second-order valence-corrected chi connectivity index (χ2v) is 6.62. The summed E-state index contributed by atoms with van der Waals surface area (Å²) in [5, 5.41) is 2.58. The van der Waals surface area contributed by atoms with E-state index in [9.17, 15) is 18.0 Å². The van der Waals surface area contributed by atoms with Gasteiger partial charge >= 0.3 is 5.97 Å². The zero-order valence-corrected chi connectivity index (χ0v) is 14.1. The van der Waals surface area contributed by atoms with Crippen molar-refractivity contribution in [3.8, 4) is 0 Å². The molecule has 0 aliphatic carbocycles. The van der Waals surface area contributed by atoms with Crippen molar-refractivity contribution in [1.29, 1.82) is 0 Å². The standard InChI is InChI=1S/C15H22N2O5S/c1-3-8-16-14(18)11-22-15(19)12-6-5-7-13(10-12)23(20,21)17-9-4-2/h5-7,10,17H,3-4,8-9,11H2,1-2H3,(H,16,18). The molecule has 0 heterocycles. The van der Waals surface area contributed by atoms with Gasteiger partial charge in [0.25, 0.3) is 5.91 Å². The van der Waals surface area contributed by atoms with Gasteiger partial charge in [0.05, 0.1) is 10.5 Å². The van der Waals surface area contributed by atoms with Crippen LogP contribution in [0.15, 0.2) is 29.2 Å². The number of rotatable bonds is 9. The number of benzene rings is 1. The molecule has 0 aromatic heterocycles. The van der Waals surface area contributed by atoms with Crippen molar-refractivity contribution in [2.75, 3.05) is 19.7 Å². The van der Waals surface area contributed by atoms with Gasteiger partial charge in [0.15, 0.2) is 6.61 Å². The first-order valence-corrected chi connectivity index (χ1v) is 8.92. The molecule has 0 spiro atoms. The Balaban J connectivity index is 2.72. The van der Waals surface area contributed by atoms with Crippen LogP contribution < -0.4 is 10.0 Å². The van der Waals surface area contributed by atoms with E-state index < -0.39 is 28.5 Å². The maximum Gasteiger partial charge on any atom is 0.338 e. The van der Waals surface area contributed by atoms with E-state index in [-0.39, 0.29) is 10.5 Å². The molecule has 0 saturated carbocycles. The lowest BCUT2D eigenvalue weighted by atomic mass is 10.2. The van der Waals surface area contributed by atoms with Gasteiger partial charge in [-0.25, -0.2) is 17.9 Å². The van der Waals surface area contributed by atoms with Crippen molar-refractivity contribution in [3.63, 3.8) is 0 Å². The number of sulfonamides is 1. The second kappa shape index (κ2) is 9.26. The van der Waals surface area contributed by atoms with Crippen molar-refractivity contribution in [3.05, 3.63) is 29.8 Å². The third-order valence-electron chi connectivity index (χ3n) is 2.83. The third kappa shape index (κ3) is 6.37. The van der Waals surface area contributed by atoms with Crippen molar-refractivity contribution >= 4 is 21.9 Å². The van der Waals surface area contributed by atoms with Crippen LogP contribution in [-0.4, -0.2) is 40.0 Å². The lowest BCUT2D eigenvalue weighted by molar-refractivity contribution is -0.124. The van der Waals surface area contributed by atoms with Crippen LogP contribution in [0.2, 0.25) is 0 Å². The number of esters is 1. The van der Waals surface area contributed by atoms with Crippen LogP contribution in [0.5, 0.6) is 0 Å². The van der Waals surface area contributed by atoms with E-state index in [0.29, 0.717) is 19.5 Å². The average Bonchev–Trinajstić information content (AvgIpc) is 2.56. The fourth-order valence-corrected chi connectivity index (χ4v) is 2.82. The van der Waals surface area contributed by atoms with Gasteiger partial charge in [-0.15, -0.1) is 0 Å². The van der Waals surface area contributed by atoms with Crippen LogP contribution in [0.1, 0.15) is 37.0 Å². The first-order valence-electron chi connectivity index (χ1n) is 7.44. The van der Waals surface area contributed by atoms with E-state index in [4.69, 9.17) is 4.74 Å². The summed E-state index contributed by atoms with van der Waals surface area (Å²) in [6.07, 6.45) is 1.44. The zero-order chi connectivity index (χ0) is 17.3. The quantitative estimate of drug-likeness (QED) is 0.653. The fourth-order valence-electron chi connectivity index (χ4n) is 1.64. The zero-order valence-electron chi connectivity index (χ0n) is 13.3. The first-order chi connectivity index (χ1) is 10.9. The van der Waals surface area contributed by atoms with Crippen molar-refractivity contribution < 1.29 is 22.7 Å². The fraction of sp³-hybridized carbons (Fsp3) is 0.467. The summed E-state index contributed by atoms with van der Waals surface area (Å²) in [6.45, 7) is 4.18. The Morgan fingerprint density at radius 2 is 1.83 bits per heavy atom. The van der Waals surface area contributed by atoms with E-state index in [1.165, 1.54) is 24.3 Å². The number of ether oxygens (including phenoxy) is 1. The summed E-state index contributed by atoms with van der Waals surface area (Å²) in [5.41, 5.74) is 0.0765. The van der Waals surface area contributed by atoms with Crippen molar-refractivity contribution in [2.24, 2.45) is 0 Å². The van der Waals surface area contributed by atoms with Gasteiger partial charge in [-0.05, 0) is 31.0 Å². The normalized spacial score (nSPS) is 11.0. The molecule has 0 aliphatic rings. The molecule has 7 nitrogen and oxygen atoms in total. The molecule has 0 fully saturated rings. The van der Waals surface area contributed by atoms with Gasteiger partial charge < -0.3 is 10.1 Å². The van der Waals surface area contributed by atoms with Crippen LogP contribution in [-0.2, 0) is 19.6 Å². The van der Waals surface area contributed by atoms with Crippen LogP contribution in [0.25, 0.3) is 0 Å². The molecule has 1 aromatic carbocycles. The first kappa shape index (κ1) is 19.1. The Bertz CT molecular complexity index is 643. The largest absolute Gasteiger partial charge is 0.452 e. The number of hydrogen-bond donors (Lipinski definition) is 2. The minimum atomic E-state index is -3.66. The Hall–Kier alpha value is -1.93. The van der Waals surface area contributed by atoms with Crippen LogP contribution in [0.4, 0.5) is 0 Å². The molecule has 1 rings (SSSR count). The minimum absolute atomic E-state index is 0.0177. The topological polar surface area (TPSA) is 102 Å². The second-order valence-electron chi connectivity index (χ2n) is 4.85. The Labute approximate surface area is 136 Å². The van der Waals surface area contributed by atoms with Crippen molar-refractivity contribution in [2.45, 2.75) is 31.6 Å². The molecule has 23 heavy (non-hydrogen) atoms. The van der Waals surface area contributed by atoms with Crippen molar-refractivity contribution in [1.82, 2.24) is 10.0 Å². The predicted molar refractivity (Wildman–Crippen MR) is 85.5 cm³/mol. The lowest BCUT2D eigenvalue weighted by Crippen LogP contribution is -2.29. The van der Waals surface area contributed by atoms with Gasteiger partial charge in [0.1, 0.15) is 0 Å². The highest BCUT2D eigenvalue weighted by molar-refractivity contribution is 7.89.